The zero-order valence-corrected chi connectivity index (χ0v) is 19.2. The van der Waals surface area contributed by atoms with Crippen molar-refractivity contribution in [2.75, 3.05) is 0 Å². The van der Waals surface area contributed by atoms with E-state index in [1.54, 1.807) is 0 Å². The topological polar surface area (TPSA) is 42.7 Å². The maximum Gasteiger partial charge on any atom is 0.0952 e. The van der Waals surface area contributed by atoms with Crippen LogP contribution in [-0.2, 0) is 7.05 Å². The lowest BCUT2D eigenvalue weighted by atomic mass is 9.82. The van der Waals surface area contributed by atoms with Crippen LogP contribution < -0.4 is 5.32 Å². The maximum absolute atomic E-state index is 5.20. The Bertz CT molecular complexity index is 1350. The fraction of sp³-hybridized carbons (Fsp3) is 0.333. The summed E-state index contributed by atoms with van der Waals surface area (Å²) in [5, 5.41) is 10.6. The number of fused-ring (bicyclic) bond motifs is 2. The van der Waals surface area contributed by atoms with Crippen molar-refractivity contribution in [3.05, 3.63) is 66.0 Å². The van der Waals surface area contributed by atoms with E-state index in [9.17, 15) is 0 Å². The number of para-hydroxylation sites is 1. The van der Waals surface area contributed by atoms with Crippen molar-refractivity contribution in [3.63, 3.8) is 0 Å². The zero-order valence-electron chi connectivity index (χ0n) is 19.2. The van der Waals surface area contributed by atoms with Gasteiger partial charge in [0.1, 0.15) is 0 Å². The number of hydrogen-bond acceptors (Lipinski definition) is 3. The van der Waals surface area contributed by atoms with E-state index in [1.165, 1.54) is 27.6 Å². The molecule has 2 aromatic heterocycles. The first-order valence-corrected chi connectivity index (χ1v) is 11.0. The zero-order chi connectivity index (χ0) is 22.0. The lowest BCUT2D eigenvalue weighted by Crippen LogP contribution is -2.53. The van der Waals surface area contributed by atoms with Gasteiger partial charge in [-0.2, -0.15) is 5.10 Å². The molecular formula is C27H30N4. The van der Waals surface area contributed by atoms with E-state index in [1.807, 2.05) is 11.7 Å². The highest BCUT2D eigenvalue weighted by atomic mass is 15.2. The predicted molar refractivity (Wildman–Crippen MR) is 130 cm³/mol. The number of rotatable bonds is 2. The standard InChI is InChI=1S/C27H30N4/c1-17-12-19(13-20-16-31(6)29-24(17)20)22-9-7-8-18-10-11-23(28-25(18)22)21-14-26(2,3)30-27(4,5)15-21/h7-14,16,30H,15H2,1-6H3. The number of nitrogens with zero attached hydrogens (tertiary/aromatic N) is 3. The summed E-state index contributed by atoms with van der Waals surface area (Å²) in [6.45, 7) is 11.1. The Labute approximate surface area is 184 Å². The van der Waals surface area contributed by atoms with Gasteiger partial charge in [-0.3, -0.25) is 4.68 Å². The summed E-state index contributed by atoms with van der Waals surface area (Å²) in [5.41, 5.74) is 8.01. The Hall–Kier alpha value is -2.98. The number of nitrogens with one attached hydrogen (secondary N) is 1. The number of hydrogen-bond donors (Lipinski definition) is 1. The van der Waals surface area contributed by atoms with Gasteiger partial charge in [-0.1, -0.05) is 30.3 Å². The summed E-state index contributed by atoms with van der Waals surface area (Å²) in [7, 11) is 1.97. The minimum atomic E-state index is -0.0598. The van der Waals surface area contributed by atoms with Crippen molar-refractivity contribution in [2.24, 2.45) is 7.05 Å². The molecule has 4 aromatic rings. The fourth-order valence-corrected chi connectivity index (χ4v) is 5.22. The Morgan fingerprint density at radius 3 is 2.55 bits per heavy atom. The molecule has 31 heavy (non-hydrogen) atoms. The Balaban J connectivity index is 1.69. The molecule has 0 atom stereocenters. The quantitative estimate of drug-likeness (QED) is 0.439. The monoisotopic (exact) mass is 410 g/mol. The SMILES string of the molecule is Cc1cc(-c2cccc3ccc(C4=CC(C)(C)NC(C)(C)C4)nc23)cc2cn(C)nc12. The molecular weight excluding hydrogens is 380 g/mol. The molecule has 4 heteroatoms. The Morgan fingerprint density at radius 1 is 0.968 bits per heavy atom. The minimum Gasteiger partial charge on any atom is -0.303 e. The Kier molecular flexibility index (Phi) is 4.35. The average Bonchev–Trinajstić information content (AvgIpc) is 3.05. The first-order chi connectivity index (χ1) is 14.6. The Morgan fingerprint density at radius 2 is 1.77 bits per heavy atom. The summed E-state index contributed by atoms with van der Waals surface area (Å²) >= 11 is 0. The van der Waals surface area contributed by atoms with Gasteiger partial charge in [0.05, 0.1) is 16.7 Å². The van der Waals surface area contributed by atoms with Crippen LogP contribution in [0.5, 0.6) is 0 Å². The largest absolute Gasteiger partial charge is 0.303 e. The van der Waals surface area contributed by atoms with Gasteiger partial charge in [0.25, 0.3) is 0 Å². The van der Waals surface area contributed by atoms with Crippen LogP contribution in [0.2, 0.25) is 0 Å². The summed E-state index contributed by atoms with van der Waals surface area (Å²) in [4.78, 5) is 5.20. The lowest BCUT2D eigenvalue weighted by molar-refractivity contribution is 0.297. The summed E-state index contributed by atoms with van der Waals surface area (Å²) in [5.74, 6) is 0. The molecule has 0 fully saturated rings. The molecule has 3 heterocycles. The number of aryl methyl sites for hydroxylation is 2. The van der Waals surface area contributed by atoms with E-state index < -0.39 is 0 Å². The average molecular weight is 411 g/mol. The second-order valence-electron chi connectivity index (χ2n) is 10.2. The van der Waals surface area contributed by atoms with E-state index in [4.69, 9.17) is 4.98 Å². The third-order valence-corrected chi connectivity index (χ3v) is 6.10. The maximum atomic E-state index is 5.20. The molecule has 1 aliphatic rings. The summed E-state index contributed by atoms with van der Waals surface area (Å²) in [6, 6.07) is 15.3. The van der Waals surface area contributed by atoms with Crippen LogP contribution >= 0.6 is 0 Å². The number of benzene rings is 2. The minimum absolute atomic E-state index is 0.0339. The second kappa shape index (κ2) is 6.76. The van der Waals surface area contributed by atoms with Crippen molar-refractivity contribution < 1.29 is 0 Å². The molecule has 5 rings (SSSR count). The first kappa shape index (κ1) is 20.0. The number of aromatic nitrogens is 3. The molecule has 0 amide bonds. The van der Waals surface area contributed by atoms with Crippen LogP contribution in [0.1, 0.15) is 45.4 Å². The summed E-state index contributed by atoms with van der Waals surface area (Å²) in [6.07, 6.45) is 5.37. The molecule has 0 aliphatic carbocycles. The molecule has 0 spiro atoms. The number of pyridine rings is 1. The smallest absolute Gasteiger partial charge is 0.0952 e. The summed E-state index contributed by atoms with van der Waals surface area (Å²) < 4.78 is 1.88. The molecule has 1 N–H and O–H groups in total. The third kappa shape index (κ3) is 3.66. The van der Waals surface area contributed by atoms with Crippen LogP contribution in [0.4, 0.5) is 0 Å². The lowest BCUT2D eigenvalue weighted by Gasteiger charge is -2.41. The van der Waals surface area contributed by atoms with Crippen molar-refractivity contribution in [1.82, 2.24) is 20.1 Å². The fourth-order valence-electron chi connectivity index (χ4n) is 5.22. The molecule has 2 aromatic carbocycles. The van der Waals surface area contributed by atoms with Crippen molar-refractivity contribution in [1.29, 1.82) is 0 Å². The second-order valence-corrected chi connectivity index (χ2v) is 10.2. The van der Waals surface area contributed by atoms with E-state index >= 15 is 0 Å². The van der Waals surface area contributed by atoms with Gasteiger partial charge in [0.2, 0.25) is 0 Å². The van der Waals surface area contributed by atoms with E-state index in [0.717, 1.165) is 28.5 Å². The van der Waals surface area contributed by atoms with Crippen LogP contribution in [0, 0.1) is 6.92 Å². The molecule has 0 radical (unpaired) electrons. The van der Waals surface area contributed by atoms with Crippen LogP contribution in [0.3, 0.4) is 0 Å². The van der Waals surface area contributed by atoms with Gasteiger partial charge in [0, 0.05) is 40.7 Å². The van der Waals surface area contributed by atoms with Gasteiger partial charge in [-0.05, 0) is 75.9 Å². The van der Waals surface area contributed by atoms with E-state index in [-0.39, 0.29) is 11.1 Å². The molecule has 1 aliphatic heterocycles. The van der Waals surface area contributed by atoms with Crippen LogP contribution in [0.25, 0.3) is 38.5 Å². The molecule has 0 unspecified atom stereocenters. The molecule has 158 valence electrons. The third-order valence-electron chi connectivity index (χ3n) is 6.10. The normalized spacial score (nSPS) is 17.8. The van der Waals surface area contributed by atoms with Gasteiger partial charge < -0.3 is 5.32 Å². The van der Waals surface area contributed by atoms with Crippen LogP contribution in [0.15, 0.2) is 54.7 Å². The van der Waals surface area contributed by atoms with Gasteiger partial charge in [-0.15, -0.1) is 0 Å². The van der Waals surface area contributed by atoms with Crippen molar-refractivity contribution in [2.45, 2.75) is 52.1 Å². The van der Waals surface area contributed by atoms with E-state index in [0.29, 0.717) is 0 Å². The van der Waals surface area contributed by atoms with Crippen molar-refractivity contribution >= 4 is 27.4 Å². The van der Waals surface area contributed by atoms with Crippen molar-refractivity contribution in [3.8, 4) is 11.1 Å². The molecule has 0 bridgehead atoms. The highest BCUT2D eigenvalue weighted by Gasteiger charge is 2.32. The molecule has 0 saturated heterocycles. The van der Waals surface area contributed by atoms with Gasteiger partial charge >= 0.3 is 0 Å². The highest BCUT2D eigenvalue weighted by Crippen LogP contribution is 2.36. The first-order valence-electron chi connectivity index (χ1n) is 11.0. The van der Waals surface area contributed by atoms with Crippen LogP contribution in [-0.4, -0.2) is 25.8 Å². The predicted octanol–water partition coefficient (Wildman–Crippen LogP) is 6.03. The van der Waals surface area contributed by atoms with Gasteiger partial charge in [-0.25, -0.2) is 4.98 Å². The van der Waals surface area contributed by atoms with Gasteiger partial charge in [0.15, 0.2) is 0 Å². The molecule has 4 nitrogen and oxygen atoms in total. The highest BCUT2D eigenvalue weighted by molar-refractivity contribution is 5.97. The van der Waals surface area contributed by atoms with E-state index in [2.05, 4.69) is 99.8 Å². The molecule has 0 saturated carbocycles.